The van der Waals surface area contributed by atoms with E-state index in [1.54, 1.807) is 12.4 Å². The number of hydrogen-bond donors (Lipinski definition) is 2. The number of carbonyl (C=O) groups is 2. The second kappa shape index (κ2) is 10.6. The van der Waals surface area contributed by atoms with Gasteiger partial charge < -0.3 is 19.1 Å². The van der Waals surface area contributed by atoms with Crippen LogP contribution in [0.25, 0.3) is 0 Å². The van der Waals surface area contributed by atoms with Crippen LogP contribution in [0.2, 0.25) is 0 Å². The predicted molar refractivity (Wildman–Crippen MR) is 98.1 cm³/mol. The zero-order valence-electron chi connectivity index (χ0n) is 16.2. The van der Waals surface area contributed by atoms with Gasteiger partial charge in [0.25, 0.3) is 0 Å². The van der Waals surface area contributed by atoms with Crippen LogP contribution in [0.3, 0.4) is 0 Å². The maximum absolute atomic E-state index is 12.3. The van der Waals surface area contributed by atoms with Gasteiger partial charge in [-0.05, 0) is 12.8 Å². The zero-order chi connectivity index (χ0) is 21.3. The molecule has 2 amide bonds. The van der Waals surface area contributed by atoms with Crippen molar-refractivity contribution in [3.05, 3.63) is 36.0 Å². The van der Waals surface area contributed by atoms with Crippen LogP contribution in [-0.2, 0) is 22.7 Å². The van der Waals surface area contributed by atoms with Gasteiger partial charge in [-0.25, -0.2) is 0 Å². The van der Waals surface area contributed by atoms with Crippen molar-refractivity contribution in [3.8, 4) is 0 Å². The molecule has 0 aliphatic carbocycles. The van der Waals surface area contributed by atoms with E-state index < -0.39 is 12.1 Å². The summed E-state index contributed by atoms with van der Waals surface area (Å²) in [5.74, 6) is -2.37. The van der Waals surface area contributed by atoms with Crippen molar-refractivity contribution >= 4 is 11.8 Å². The van der Waals surface area contributed by atoms with E-state index in [1.807, 2.05) is 10.8 Å². The van der Waals surface area contributed by atoms with Crippen molar-refractivity contribution in [1.29, 1.82) is 0 Å². The van der Waals surface area contributed by atoms with Crippen LogP contribution in [0, 0.1) is 0 Å². The van der Waals surface area contributed by atoms with Crippen molar-refractivity contribution in [2.75, 3.05) is 0 Å². The first-order valence-electron chi connectivity index (χ1n) is 9.46. The van der Waals surface area contributed by atoms with Gasteiger partial charge in [0.15, 0.2) is 0 Å². The molecule has 2 aromatic rings. The van der Waals surface area contributed by atoms with Gasteiger partial charge in [-0.1, -0.05) is 25.7 Å². The quantitative estimate of drug-likeness (QED) is 0.616. The van der Waals surface area contributed by atoms with Crippen LogP contribution in [0.15, 0.2) is 34.8 Å². The third-order valence-corrected chi connectivity index (χ3v) is 4.24. The molecule has 29 heavy (non-hydrogen) atoms. The second-order valence-corrected chi connectivity index (χ2v) is 6.62. The predicted octanol–water partition coefficient (Wildman–Crippen LogP) is 2.42. The van der Waals surface area contributed by atoms with Gasteiger partial charge >= 0.3 is 12.1 Å². The van der Waals surface area contributed by atoms with Crippen molar-refractivity contribution in [1.82, 2.24) is 19.1 Å². The van der Waals surface area contributed by atoms with Gasteiger partial charge in [-0.3, -0.25) is 9.59 Å². The number of hydrogen-bond acceptors (Lipinski definition) is 2. The zero-order valence-corrected chi connectivity index (χ0v) is 16.2. The average Bonchev–Trinajstić information content (AvgIpc) is 3.25. The Labute approximate surface area is 165 Å². The summed E-state index contributed by atoms with van der Waals surface area (Å²) in [5, 5.41) is 0. The minimum absolute atomic E-state index is 0.0948. The summed E-state index contributed by atoms with van der Waals surface area (Å²) in [4.78, 5) is 34.5. The molecule has 2 N–H and O–H groups in total. The van der Waals surface area contributed by atoms with Crippen molar-refractivity contribution in [3.63, 3.8) is 0 Å². The number of halogens is 3. The molecule has 0 unspecified atom stereocenters. The number of unbranched alkanes of at least 4 members (excludes halogenated alkanes) is 5. The van der Waals surface area contributed by atoms with Gasteiger partial charge in [0.2, 0.25) is 17.1 Å². The SMILES string of the molecule is CC(=O)/N=c1\[nH]ccn1CCCCCCCCn1cc[nH]/c1=N\C(=O)C(F)(F)F. The lowest BCUT2D eigenvalue weighted by atomic mass is 10.1. The molecule has 0 saturated heterocycles. The van der Waals surface area contributed by atoms with Gasteiger partial charge in [-0.15, -0.1) is 0 Å². The Hall–Kier alpha value is -2.85. The Kier molecular flexibility index (Phi) is 8.22. The number of aryl methyl sites for hydroxylation is 2. The number of amides is 2. The molecule has 0 bridgehead atoms. The molecular weight excluding hydrogens is 389 g/mol. The summed E-state index contributed by atoms with van der Waals surface area (Å²) in [5.41, 5.74) is 0.453. The first-order valence-corrected chi connectivity index (χ1v) is 9.46. The Morgan fingerprint density at radius 2 is 1.31 bits per heavy atom. The van der Waals surface area contributed by atoms with Crippen molar-refractivity contribution in [2.45, 2.75) is 64.7 Å². The Bertz CT molecular complexity index is 932. The van der Waals surface area contributed by atoms with Crippen LogP contribution in [0.4, 0.5) is 13.2 Å². The van der Waals surface area contributed by atoms with E-state index >= 15 is 0 Å². The fraction of sp³-hybridized carbons (Fsp3) is 0.556. The average molecular weight is 414 g/mol. The second-order valence-electron chi connectivity index (χ2n) is 6.62. The van der Waals surface area contributed by atoms with Gasteiger partial charge in [0.1, 0.15) is 0 Å². The van der Waals surface area contributed by atoms with E-state index in [2.05, 4.69) is 20.0 Å². The summed E-state index contributed by atoms with van der Waals surface area (Å²) >= 11 is 0. The molecule has 0 saturated carbocycles. The number of H-pyrrole nitrogens is 2. The summed E-state index contributed by atoms with van der Waals surface area (Å²) < 4.78 is 40.3. The molecule has 2 aromatic heterocycles. The minimum Gasteiger partial charge on any atom is -0.331 e. The van der Waals surface area contributed by atoms with E-state index in [4.69, 9.17) is 0 Å². The van der Waals surface area contributed by atoms with Gasteiger partial charge in [0.05, 0.1) is 0 Å². The van der Waals surface area contributed by atoms with E-state index in [0.717, 1.165) is 45.1 Å². The first kappa shape index (κ1) is 22.4. The third kappa shape index (κ3) is 7.59. The highest BCUT2D eigenvalue weighted by Gasteiger charge is 2.38. The largest absolute Gasteiger partial charge is 0.473 e. The maximum Gasteiger partial charge on any atom is 0.473 e. The monoisotopic (exact) mass is 414 g/mol. The van der Waals surface area contributed by atoms with E-state index in [9.17, 15) is 22.8 Å². The summed E-state index contributed by atoms with van der Waals surface area (Å²) in [6, 6.07) is 0. The molecular formula is C18H25F3N6O2. The molecule has 0 aliphatic heterocycles. The highest BCUT2D eigenvalue weighted by atomic mass is 19.4. The lowest BCUT2D eigenvalue weighted by molar-refractivity contribution is -0.169. The number of aromatic amines is 2. The third-order valence-electron chi connectivity index (χ3n) is 4.24. The molecule has 0 atom stereocenters. The van der Waals surface area contributed by atoms with Gasteiger partial charge in [0, 0.05) is 44.8 Å². The molecule has 2 heterocycles. The summed E-state index contributed by atoms with van der Waals surface area (Å²) in [7, 11) is 0. The van der Waals surface area contributed by atoms with Crippen LogP contribution in [0.1, 0.15) is 45.4 Å². The number of rotatable bonds is 9. The summed E-state index contributed by atoms with van der Waals surface area (Å²) in [6.07, 6.45) is 7.36. The lowest BCUT2D eigenvalue weighted by Crippen LogP contribution is -2.27. The van der Waals surface area contributed by atoms with Crippen LogP contribution in [0.5, 0.6) is 0 Å². The summed E-state index contributed by atoms with van der Waals surface area (Å²) in [6.45, 7) is 2.66. The van der Waals surface area contributed by atoms with Crippen LogP contribution < -0.4 is 11.2 Å². The fourth-order valence-corrected chi connectivity index (χ4v) is 2.84. The lowest BCUT2D eigenvalue weighted by Gasteiger charge is -2.05. The Morgan fingerprint density at radius 3 is 1.76 bits per heavy atom. The number of nitrogens with zero attached hydrogens (tertiary/aromatic N) is 4. The van der Waals surface area contributed by atoms with Crippen molar-refractivity contribution < 1.29 is 22.8 Å². The smallest absolute Gasteiger partial charge is 0.331 e. The number of alkyl halides is 3. The molecule has 8 nitrogen and oxygen atoms in total. The molecule has 0 fully saturated rings. The molecule has 0 aliphatic rings. The standard InChI is InChI=1S/C18H25F3N6O2/c1-14(28)24-16-22-8-12-26(16)10-6-4-2-3-5-7-11-27-13-9-23-17(27)25-15(29)18(19,20)21/h8-9,12-13H,2-7,10-11H2,1H3,(H,22,24,28)(H,23,25,29). The van der Waals surface area contributed by atoms with Crippen molar-refractivity contribution in [2.24, 2.45) is 9.98 Å². The Morgan fingerprint density at radius 1 is 0.862 bits per heavy atom. The van der Waals surface area contributed by atoms with Crippen LogP contribution >= 0.6 is 0 Å². The Balaban J connectivity index is 1.66. The first-order chi connectivity index (χ1) is 13.8. The highest BCUT2D eigenvalue weighted by Crippen LogP contribution is 2.15. The normalized spacial score (nSPS) is 13.2. The number of carbonyl (C=O) groups excluding carboxylic acids is 2. The molecule has 2 rings (SSSR count). The van der Waals surface area contributed by atoms with E-state index in [-0.39, 0.29) is 11.5 Å². The molecule has 0 radical (unpaired) electrons. The molecule has 11 heteroatoms. The van der Waals surface area contributed by atoms with Crippen LogP contribution in [-0.4, -0.2) is 37.1 Å². The maximum atomic E-state index is 12.3. The highest BCUT2D eigenvalue weighted by molar-refractivity contribution is 5.82. The van der Waals surface area contributed by atoms with E-state index in [0.29, 0.717) is 12.2 Å². The number of aromatic nitrogens is 4. The topological polar surface area (TPSA) is 100 Å². The molecule has 0 aromatic carbocycles. The molecule has 0 spiro atoms. The number of imidazole rings is 2. The molecule has 160 valence electrons. The van der Waals surface area contributed by atoms with Gasteiger partial charge in [-0.2, -0.15) is 23.2 Å². The van der Waals surface area contributed by atoms with E-state index in [1.165, 1.54) is 17.7 Å². The fourth-order valence-electron chi connectivity index (χ4n) is 2.84. The minimum atomic E-state index is -4.97. The number of nitrogens with one attached hydrogen (secondary N) is 2.